The van der Waals surface area contributed by atoms with E-state index in [1.54, 1.807) is 22.2 Å². The molecule has 0 atom stereocenters. The molecule has 160 valence electrons. The Balaban J connectivity index is 1.55. The van der Waals surface area contributed by atoms with Crippen LogP contribution in [0, 0.1) is 20.8 Å². The van der Waals surface area contributed by atoms with Gasteiger partial charge in [-0.25, -0.2) is 14.6 Å². The lowest BCUT2D eigenvalue weighted by Crippen LogP contribution is -2.17. The Morgan fingerprint density at radius 1 is 1.09 bits per heavy atom. The molecule has 5 rings (SSSR count). The number of nitrogens with zero attached hydrogens (tertiary/aromatic N) is 6. The fourth-order valence-corrected chi connectivity index (χ4v) is 4.35. The molecule has 9 heteroatoms. The van der Waals surface area contributed by atoms with E-state index in [-0.39, 0.29) is 5.91 Å². The summed E-state index contributed by atoms with van der Waals surface area (Å²) < 4.78 is 3.45. The van der Waals surface area contributed by atoms with E-state index in [0.29, 0.717) is 23.7 Å². The number of fused-ring (bicyclic) bond motifs is 1. The highest BCUT2D eigenvalue weighted by Gasteiger charge is 2.18. The van der Waals surface area contributed by atoms with E-state index in [9.17, 15) is 4.79 Å². The monoisotopic (exact) mass is 443 g/mol. The minimum Gasteiger partial charge on any atom is -0.310 e. The molecule has 32 heavy (non-hydrogen) atoms. The minimum absolute atomic E-state index is 0.106. The van der Waals surface area contributed by atoms with E-state index in [2.05, 4.69) is 45.4 Å². The van der Waals surface area contributed by atoms with Crippen molar-refractivity contribution in [3.8, 4) is 11.5 Å². The molecule has 0 aliphatic rings. The minimum atomic E-state index is -0.106. The van der Waals surface area contributed by atoms with E-state index >= 15 is 0 Å². The second kappa shape index (κ2) is 8.01. The molecule has 0 aliphatic carbocycles. The first-order valence-corrected chi connectivity index (χ1v) is 11.0. The van der Waals surface area contributed by atoms with Gasteiger partial charge < -0.3 is 5.32 Å². The Bertz CT molecular complexity index is 1430. The third-order valence-electron chi connectivity index (χ3n) is 5.36. The summed E-state index contributed by atoms with van der Waals surface area (Å²) in [5.41, 5.74) is 4.72. The molecule has 8 nitrogen and oxygen atoms in total. The number of carbonyl (C=O) groups excluding carboxylic acids is 1. The van der Waals surface area contributed by atoms with Gasteiger partial charge in [-0.1, -0.05) is 18.2 Å². The standard InChI is InChI=1S/C23H21N7OS/c1-14-6-4-8-19(16(14)3)29-22-18(12-26-29)23(25-13-24-22)30-20(10-15(2)28-30)27-21(31)11-17-7-5-9-32-17/h4-10,12-13H,11H2,1-3H3,(H,27,31). The smallest absolute Gasteiger partial charge is 0.230 e. The van der Waals surface area contributed by atoms with Crippen molar-refractivity contribution in [2.24, 2.45) is 0 Å². The van der Waals surface area contributed by atoms with Crippen LogP contribution in [0.4, 0.5) is 5.82 Å². The maximum absolute atomic E-state index is 12.6. The zero-order chi connectivity index (χ0) is 22.2. The molecular formula is C23H21N7OS. The lowest BCUT2D eigenvalue weighted by atomic mass is 10.1. The van der Waals surface area contributed by atoms with E-state index < -0.39 is 0 Å². The number of anilines is 1. The molecule has 0 saturated heterocycles. The van der Waals surface area contributed by atoms with E-state index in [1.807, 2.05) is 47.3 Å². The number of amides is 1. The van der Waals surface area contributed by atoms with Gasteiger partial charge in [-0.2, -0.15) is 14.9 Å². The molecule has 0 spiro atoms. The van der Waals surface area contributed by atoms with Gasteiger partial charge in [0.1, 0.15) is 12.1 Å². The molecule has 1 aromatic carbocycles. The van der Waals surface area contributed by atoms with Crippen LogP contribution in [-0.4, -0.2) is 35.4 Å². The zero-order valence-electron chi connectivity index (χ0n) is 17.9. The summed E-state index contributed by atoms with van der Waals surface area (Å²) in [5, 5.41) is 14.8. The normalized spacial score (nSPS) is 11.2. The van der Waals surface area contributed by atoms with Gasteiger partial charge in [0, 0.05) is 10.9 Å². The number of benzene rings is 1. The van der Waals surface area contributed by atoms with Gasteiger partial charge in [-0.15, -0.1) is 11.3 Å². The van der Waals surface area contributed by atoms with Gasteiger partial charge in [0.2, 0.25) is 5.91 Å². The van der Waals surface area contributed by atoms with Crippen molar-refractivity contribution in [1.82, 2.24) is 29.5 Å². The maximum Gasteiger partial charge on any atom is 0.230 e. The van der Waals surface area contributed by atoms with Crippen LogP contribution < -0.4 is 5.32 Å². The topological polar surface area (TPSA) is 90.5 Å². The van der Waals surface area contributed by atoms with Crippen molar-refractivity contribution in [3.63, 3.8) is 0 Å². The molecule has 4 heterocycles. The largest absolute Gasteiger partial charge is 0.310 e. The summed E-state index contributed by atoms with van der Waals surface area (Å²) in [6, 6.07) is 11.8. The fraction of sp³-hybridized carbons (Fsp3) is 0.174. The molecule has 5 aromatic rings. The van der Waals surface area contributed by atoms with Crippen molar-refractivity contribution in [3.05, 3.63) is 76.0 Å². The van der Waals surface area contributed by atoms with Crippen LogP contribution in [-0.2, 0) is 11.2 Å². The fourth-order valence-electron chi connectivity index (χ4n) is 3.65. The van der Waals surface area contributed by atoms with Crippen LogP contribution in [0.3, 0.4) is 0 Å². The van der Waals surface area contributed by atoms with Crippen molar-refractivity contribution in [2.45, 2.75) is 27.2 Å². The summed E-state index contributed by atoms with van der Waals surface area (Å²) in [7, 11) is 0. The van der Waals surface area contributed by atoms with Crippen molar-refractivity contribution < 1.29 is 4.79 Å². The Morgan fingerprint density at radius 2 is 1.97 bits per heavy atom. The molecule has 0 radical (unpaired) electrons. The predicted octanol–water partition coefficient (Wildman–Crippen LogP) is 4.17. The highest BCUT2D eigenvalue weighted by Crippen LogP contribution is 2.26. The van der Waals surface area contributed by atoms with Gasteiger partial charge in [0.05, 0.1) is 29.4 Å². The molecule has 0 bridgehead atoms. The second-order valence-corrected chi connectivity index (χ2v) is 8.63. The van der Waals surface area contributed by atoms with Gasteiger partial charge in [-0.05, 0) is 49.4 Å². The first-order valence-electron chi connectivity index (χ1n) is 10.2. The second-order valence-electron chi connectivity index (χ2n) is 7.60. The number of thiophene rings is 1. The Labute approximate surface area is 188 Å². The number of carbonyl (C=O) groups is 1. The van der Waals surface area contributed by atoms with Crippen LogP contribution in [0.2, 0.25) is 0 Å². The SMILES string of the molecule is Cc1cc(NC(=O)Cc2cccs2)n(-c2ncnc3c2cnn3-c2cccc(C)c2C)n1. The summed E-state index contributed by atoms with van der Waals surface area (Å²) in [6.45, 7) is 6.02. The average molecular weight is 444 g/mol. The lowest BCUT2D eigenvalue weighted by molar-refractivity contribution is -0.115. The molecule has 0 unspecified atom stereocenters. The number of hydrogen-bond acceptors (Lipinski definition) is 6. The van der Waals surface area contributed by atoms with Crippen LogP contribution in [0.5, 0.6) is 0 Å². The summed E-state index contributed by atoms with van der Waals surface area (Å²) in [6.07, 6.45) is 3.54. The Kier molecular flexibility index (Phi) is 5.02. The number of aromatic nitrogens is 6. The van der Waals surface area contributed by atoms with Gasteiger partial charge in [0.25, 0.3) is 0 Å². The van der Waals surface area contributed by atoms with Gasteiger partial charge in [0.15, 0.2) is 11.5 Å². The number of rotatable bonds is 5. The quantitative estimate of drug-likeness (QED) is 0.440. The Morgan fingerprint density at radius 3 is 2.78 bits per heavy atom. The van der Waals surface area contributed by atoms with E-state index in [4.69, 9.17) is 0 Å². The lowest BCUT2D eigenvalue weighted by Gasteiger charge is -2.10. The van der Waals surface area contributed by atoms with E-state index in [0.717, 1.165) is 27.2 Å². The summed E-state index contributed by atoms with van der Waals surface area (Å²) in [5.74, 6) is 1.01. The molecule has 1 amide bonds. The van der Waals surface area contributed by atoms with Crippen LogP contribution in [0.1, 0.15) is 21.7 Å². The maximum atomic E-state index is 12.6. The predicted molar refractivity (Wildman–Crippen MR) is 125 cm³/mol. The first-order chi connectivity index (χ1) is 15.5. The van der Waals surface area contributed by atoms with Crippen molar-refractivity contribution >= 4 is 34.1 Å². The zero-order valence-corrected chi connectivity index (χ0v) is 18.7. The Hall–Kier alpha value is -3.85. The summed E-state index contributed by atoms with van der Waals surface area (Å²) in [4.78, 5) is 22.6. The number of nitrogens with one attached hydrogen (secondary N) is 1. The third kappa shape index (κ3) is 3.56. The number of aryl methyl sites for hydroxylation is 2. The molecule has 1 N–H and O–H groups in total. The summed E-state index contributed by atoms with van der Waals surface area (Å²) >= 11 is 1.56. The molecule has 0 saturated carbocycles. The molecule has 4 aromatic heterocycles. The third-order valence-corrected chi connectivity index (χ3v) is 6.24. The van der Waals surface area contributed by atoms with Crippen LogP contribution >= 0.6 is 11.3 Å². The van der Waals surface area contributed by atoms with Gasteiger partial charge >= 0.3 is 0 Å². The highest BCUT2D eigenvalue weighted by atomic mass is 32.1. The average Bonchev–Trinajstić information content (AvgIpc) is 3.50. The van der Waals surface area contributed by atoms with Crippen molar-refractivity contribution in [2.75, 3.05) is 5.32 Å². The van der Waals surface area contributed by atoms with Crippen molar-refractivity contribution in [1.29, 1.82) is 0 Å². The molecule has 0 aliphatic heterocycles. The highest BCUT2D eigenvalue weighted by molar-refractivity contribution is 7.10. The number of hydrogen-bond donors (Lipinski definition) is 1. The van der Waals surface area contributed by atoms with Gasteiger partial charge in [-0.3, -0.25) is 4.79 Å². The molecular weight excluding hydrogens is 422 g/mol. The van der Waals surface area contributed by atoms with Crippen LogP contribution in [0.15, 0.2) is 54.3 Å². The first kappa shape index (κ1) is 20.1. The van der Waals surface area contributed by atoms with Crippen LogP contribution in [0.25, 0.3) is 22.5 Å². The molecule has 0 fully saturated rings. The van der Waals surface area contributed by atoms with E-state index in [1.165, 1.54) is 11.9 Å².